The zero-order valence-corrected chi connectivity index (χ0v) is 25.8. The number of nitrogens with one attached hydrogen (secondary N) is 1. The molecule has 0 spiro atoms. The monoisotopic (exact) mass is 595 g/mol. The Morgan fingerprint density at radius 3 is 2.17 bits per heavy atom. The number of methoxy groups -OCH3 is 2. The van der Waals surface area contributed by atoms with Crippen LogP contribution in [0.4, 0.5) is 5.69 Å². The Hall–Kier alpha value is -4.05. The fourth-order valence-corrected chi connectivity index (χ4v) is 6.04. The third-order valence-electron chi connectivity index (χ3n) is 6.96. The van der Waals surface area contributed by atoms with Crippen molar-refractivity contribution in [1.82, 2.24) is 10.2 Å². The third-order valence-corrected chi connectivity index (χ3v) is 8.73. The summed E-state index contributed by atoms with van der Waals surface area (Å²) in [5.74, 6) is -0.110. The van der Waals surface area contributed by atoms with E-state index in [4.69, 9.17) is 9.47 Å². The van der Waals surface area contributed by atoms with Gasteiger partial charge in [-0.1, -0.05) is 61.9 Å². The minimum Gasteiger partial charge on any atom is -0.493 e. The predicted molar refractivity (Wildman–Crippen MR) is 164 cm³/mol. The molecule has 3 aromatic carbocycles. The van der Waals surface area contributed by atoms with Gasteiger partial charge in [-0.25, -0.2) is 8.42 Å². The van der Waals surface area contributed by atoms with Crippen LogP contribution in [0, 0.1) is 6.92 Å². The SMILES string of the molecule is CCCNC(=O)[C@@H](CC)N(CCc1ccccc1)C(=O)CN(c1ccc(C)cc1)S(=O)(=O)c1ccc(OC)c(OC)c1. The van der Waals surface area contributed by atoms with E-state index in [1.54, 1.807) is 24.3 Å². The van der Waals surface area contributed by atoms with Gasteiger partial charge in [-0.05, 0) is 56.0 Å². The van der Waals surface area contributed by atoms with E-state index in [2.05, 4.69) is 5.32 Å². The lowest BCUT2D eigenvalue weighted by Gasteiger charge is -2.33. The van der Waals surface area contributed by atoms with E-state index in [1.165, 1.54) is 37.3 Å². The van der Waals surface area contributed by atoms with Crippen LogP contribution in [-0.2, 0) is 26.0 Å². The lowest BCUT2D eigenvalue weighted by atomic mass is 10.1. The second kappa shape index (κ2) is 15.3. The molecule has 0 aliphatic heterocycles. The average molecular weight is 596 g/mol. The van der Waals surface area contributed by atoms with Gasteiger partial charge in [0, 0.05) is 19.2 Å². The van der Waals surface area contributed by atoms with Gasteiger partial charge >= 0.3 is 0 Å². The number of hydrogen-bond acceptors (Lipinski definition) is 6. The molecule has 3 aromatic rings. The number of amides is 2. The summed E-state index contributed by atoms with van der Waals surface area (Å²) in [6.45, 7) is 5.94. The fraction of sp³-hybridized carbons (Fsp3) is 0.375. The van der Waals surface area contributed by atoms with E-state index < -0.39 is 28.5 Å². The van der Waals surface area contributed by atoms with Crippen molar-refractivity contribution in [2.75, 3.05) is 38.2 Å². The number of benzene rings is 3. The molecule has 2 amide bonds. The minimum atomic E-state index is -4.24. The van der Waals surface area contributed by atoms with E-state index in [-0.39, 0.29) is 23.1 Å². The number of sulfonamides is 1. The van der Waals surface area contributed by atoms with E-state index in [0.717, 1.165) is 21.9 Å². The van der Waals surface area contributed by atoms with Gasteiger partial charge in [-0.3, -0.25) is 13.9 Å². The second-order valence-corrected chi connectivity index (χ2v) is 11.8. The molecular weight excluding hydrogens is 554 g/mol. The van der Waals surface area contributed by atoms with Gasteiger partial charge in [0.1, 0.15) is 12.6 Å². The normalized spacial score (nSPS) is 11.8. The number of aryl methyl sites for hydroxylation is 1. The molecule has 0 unspecified atom stereocenters. The van der Waals surface area contributed by atoms with E-state index in [0.29, 0.717) is 30.8 Å². The Labute approximate surface area is 249 Å². The van der Waals surface area contributed by atoms with Crippen molar-refractivity contribution < 1.29 is 27.5 Å². The number of hydrogen-bond donors (Lipinski definition) is 1. The van der Waals surface area contributed by atoms with Crippen LogP contribution in [0.2, 0.25) is 0 Å². The van der Waals surface area contributed by atoms with Crippen molar-refractivity contribution >= 4 is 27.5 Å². The molecule has 226 valence electrons. The molecule has 42 heavy (non-hydrogen) atoms. The van der Waals surface area contributed by atoms with Crippen LogP contribution >= 0.6 is 0 Å². The standard InChI is InChI=1S/C32H41N3O6S/c1-6-20-33-32(37)28(7-2)34(21-19-25-11-9-8-10-12-25)31(36)23-35(26-15-13-24(3)14-16-26)42(38,39)27-17-18-29(40-4)30(22-27)41-5/h8-18,22,28H,6-7,19-21,23H2,1-5H3,(H,33,37)/t28-/m1/s1. The first-order valence-corrected chi connectivity index (χ1v) is 15.5. The number of carbonyl (C=O) groups is 2. The highest BCUT2D eigenvalue weighted by molar-refractivity contribution is 7.92. The number of nitrogens with zero attached hydrogens (tertiary/aromatic N) is 2. The number of anilines is 1. The van der Waals surface area contributed by atoms with Crippen LogP contribution < -0.4 is 19.1 Å². The van der Waals surface area contributed by atoms with Gasteiger partial charge in [0.25, 0.3) is 10.0 Å². The van der Waals surface area contributed by atoms with Crippen LogP contribution in [-0.4, -0.2) is 65.0 Å². The summed E-state index contributed by atoms with van der Waals surface area (Å²) in [5, 5.41) is 2.90. The topological polar surface area (TPSA) is 105 Å². The average Bonchev–Trinajstić information content (AvgIpc) is 3.01. The molecule has 0 aliphatic carbocycles. The van der Waals surface area contributed by atoms with E-state index in [1.807, 2.05) is 51.1 Å². The summed E-state index contributed by atoms with van der Waals surface area (Å²) in [7, 11) is -1.35. The number of ether oxygens (including phenoxy) is 2. The molecule has 1 atom stereocenters. The molecule has 0 radical (unpaired) electrons. The molecule has 0 saturated heterocycles. The zero-order valence-electron chi connectivity index (χ0n) is 25.0. The van der Waals surface area contributed by atoms with Crippen LogP contribution in [0.25, 0.3) is 0 Å². The maximum Gasteiger partial charge on any atom is 0.264 e. The van der Waals surface area contributed by atoms with Gasteiger partial charge in [-0.15, -0.1) is 0 Å². The van der Waals surface area contributed by atoms with E-state index in [9.17, 15) is 18.0 Å². The third kappa shape index (κ3) is 8.03. The Morgan fingerprint density at radius 1 is 0.905 bits per heavy atom. The van der Waals surface area contributed by atoms with Crippen molar-refractivity contribution in [3.63, 3.8) is 0 Å². The number of rotatable bonds is 15. The molecule has 10 heteroatoms. The summed E-state index contributed by atoms with van der Waals surface area (Å²) in [6.07, 6.45) is 1.64. The fourth-order valence-electron chi connectivity index (χ4n) is 4.61. The summed E-state index contributed by atoms with van der Waals surface area (Å²) in [4.78, 5) is 28.7. The van der Waals surface area contributed by atoms with Crippen molar-refractivity contribution in [2.45, 2.75) is 51.0 Å². The molecule has 0 aromatic heterocycles. The first-order valence-electron chi connectivity index (χ1n) is 14.1. The highest BCUT2D eigenvalue weighted by atomic mass is 32.2. The predicted octanol–water partition coefficient (Wildman–Crippen LogP) is 4.58. The Morgan fingerprint density at radius 2 is 1.57 bits per heavy atom. The van der Waals surface area contributed by atoms with Gasteiger partial charge < -0.3 is 19.7 Å². The smallest absolute Gasteiger partial charge is 0.264 e. The second-order valence-electron chi connectivity index (χ2n) is 9.90. The van der Waals surface area contributed by atoms with Gasteiger partial charge in [0.2, 0.25) is 11.8 Å². The Bertz CT molecular complexity index is 1430. The highest BCUT2D eigenvalue weighted by Crippen LogP contribution is 2.32. The maximum absolute atomic E-state index is 14.1. The summed E-state index contributed by atoms with van der Waals surface area (Å²) in [5.41, 5.74) is 2.28. The van der Waals surface area contributed by atoms with Crippen molar-refractivity contribution in [3.8, 4) is 11.5 Å². The lowest BCUT2D eigenvalue weighted by molar-refractivity contribution is -0.139. The molecular formula is C32H41N3O6S. The summed E-state index contributed by atoms with van der Waals surface area (Å²) in [6, 6.07) is 20.1. The van der Waals surface area contributed by atoms with Crippen molar-refractivity contribution in [2.24, 2.45) is 0 Å². The molecule has 0 fully saturated rings. The minimum absolute atomic E-state index is 0.0582. The molecule has 3 rings (SSSR count). The maximum atomic E-state index is 14.1. The first kappa shape index (κ1) is 32.5. The van der Waals surface area contributed by atoms with Crippen LogP contribution in [0.1, 0.15) is 37.8 Å². The highest BCUT2D eigenvalue weighted by Gasteiger charge is 2.33. The lowest BCUT2D eigenvalue weighted by Crippen LogP contribution is -2.53. The van der Waals surface area contributed by atoms with Crippen molar-refractivity contribution in [1.29, 1.82) is 0 Å². The molecule has 0 saturated carbocycles. The van der Waals surface area contributed by atoms with Crippen LogP contribution in [0.3, 0.4) is 0 Å². The molecule has 0 bridgehead atoms. The van der Waals surface area contributed by atoms with Gasteiger partial charge in [0.15, 0.2) is 11.5 Å². The zero-order chi connectivity index (χ0) is 30.7. The molecule has 0 heterocycles. The summed E-state index contributed by atoms with van der Waals surface area (Å²) < 4.78 is 39.9. The molecule has 0 aliphatic rings. The van der Waals surface area contributed by atoms with Crippen LogP contribution in [0.5, 0.6) is 11.5 Å². The Kier molecular flexibility index (Phi) is 11.8. The molecule has 9 nitrogen and oxygen atoms in total. The van der Waals surface area contributed by atoms with Crippen LogP contribution in [0.15, 0.2) is 77.7 Å². The van der Waals surface area contributed by atoms with Gasteiger partial charge in [0.05, 0.1) is 24.8 Å². The molecule has 1 N–H and O–H groups in total. The van der Waals surface area contributed by atoms with Gasteiger partial charge in [-0.2, -0.15) is 0 Å². The van der Waals surface area contributed by atoms with E-state index >= 15 is 0 Å². The first-order chi connectivity index (χ1) is 20.2. The summed E-state index contributed by atoms with van der Waals surface area (Å²) >= 11 is 0. The quantitative estimate of drug-likeness (QED) is 0.276. The van der Waals surface area contributed by atoms with Crippen molar-refractivity contribution in [3.05, 3.63) is 83.9 Å². The largest absolute Gasteiger partial charge is 0.493 e. The Balaban J connectivity index is 2.04. The number of carbonyl (C=O) groups excluding carboxylic acids is 2.